The third-order valence-corrected chi connectivity index (χ3v) is 5.08. The highest BCUT2D eigenvalue weighted by atomic mass is 16.2. The normalized spacial score (nSPS) is 15.3. The van der Waals surface area contributed by atoms with Crippen LogP contribution in [0.1, 0.15) is 29.0 Å². The number of carbonyl (C=O) groups is 1. The minimum Gasteiger partial charge on any atom is -0.336 e. The molecule has 0 saturated carbocycles. The van der Waals surface area contributed by atoms with Gasteiger partial charge in [0.05, 0.1) is 10.9 Å². The Kier molecular flexibility index (Phi) is 4.52. The highest BCUT2D eigenvalue weighted by Crippen LogP contribution is 2.22. The SMILES string of the molecule is O=C(c1nc2ccccc2c(=O)[nH]1)N1CCC(Cc2ccccc2)CC1. The van der Waals surface area contributed by atoms with Gasteiger partial charge in [0, 0.05) is 13.1 Å². The fourth-order valence-corrected chi connectivity index (χ4v) is 3.63. The van der Waals surface area contributed by atoms with Gasteiger partial charge >= 0.3 is 0 Å². The minimum atomic E-state index is -0.266. The number of carbonyl (C=O) groups excluding carboxylic acids is 1. The van der Waals surface area contributed by atoms with Crippen LogP contribution in [0, 0.1) is 5.92 Å². The van der Waals surface area contributed by atoms with Crippen LogP contribution in [0.25, 0.3) is 10.9 Å². The van der Waals surface area contributed by atoms with Crippen molar-refractivity contribution in [3.8, 4) is 0 Å². The van der Waals surface area contributed by atoms with Gasteiger partial charge in [-0.1, -0.05) is 42.5 Å². The van der Waals surface area contributed by atoms with Gasteiger partial charge in [-0.15, -0.1) is 0 Å². The van der Waals surface area contributed by atoms with Gasteiger partial charge in [-0.05, 0) is 42.9 Å². The lowest BCUT2D eigenvalue weighted by Crippen LogP contribution is -2.40. The molecule has 0 bridgehead atoms. The number of amides is 1. The number of nitrogens with zero attached hydrogens (tertiary/aromatic N) is 2. The molecule has 3 aromatic rings. The predicted molar refractivity (Wildman–Crippen MR) is 101 cm³/mol. The summed E-state index contributed by atoms with van der Waals surface area (Å²) in [4.78, 5) is 33.7. The molecule has 0 radical (unpaired) electrons. The van der Waals surface area contributed by atoms with Crippen molar-refractivity contribution in [2.75, 3.05) is 13.1 Å². The van der Waals surface area contributed by atoms with Gasteiger partial charge in [-0.2, -0.15) is 0 Å². The summed E-state index contributed by atoms with van der Waals surface area (Å²) >= 11 is 0. The lowest BCUT2D eigenvalue weighted by atomic mass is 9.90. The average molecular weight is 347 g/mol. The first kappa shape index (κ1) is 16.5. The van der Waals surface area contributed by atoms with Crippen molar-refractivity contribution < 1.29 is 4.79 Å². The van der Waals surface area contributed by atoms with E-state index in [1.807, 2.05) is 12.1 Å². The standard InChI is InChI=1S/C21H21N3O2/c25-20-17-8-4-5-9-18(17)22-19(23-20)21(26)24-12-10-16(11-13-24)14-15-6-2-1-3-7-15/h1-9,16H,10-14H2,(H,22,23,25). The number of hydrogen-bond acceptors (Lipinski definition) is 3. The van der Waals surface area contributed by atoms with E-state index >= 15 is 0 Å². The summed E-state index contributed by atoms with van der Waals surface area (Å²) in [5, 5.41) is 0.505. The Bertz CT molecular complexity index is 973. The fourth-order valence-electron chi connectivity index (χ4n) is 3.63. The van der Waals surface area contributed by atoms with Crippen LogP contribution < -0.4 is 5.56 Å². The molecule has 1 saturated heterocycles. The van der Waals surface area contributed by atoms with Crippen molar-refractivity contribution in [1.29, 1.82) is 0 Å². The van der Waals surface area contributed by atoms with E-state index in [1.54, 1.807) is 23.1 Å². The summed E-state index contributed by atoms with van der Waals surface area (Å²) in [7, 11) is 0. The molecule has 26 heavy (non-hydrogen) atoms. The summed E-state index contributed by atoms with van der Waals surface area (Å²) in [6.07, 6.45) is 2.99. The highest BCUT2D eigenvalue weighted by Gasteiger charge is 2.25. The molecule has 0 unspecified atom stereocenters. The van der Waals surface area contributed by atoms with Crippen molar-refractivity contribution in [2.45, 2.75) is 19.3 Å². The fraction of sp³-hybridized carbons (Fsp3) is 0.286. The Balaban J connectivity index is 1.44. The molecule has 4 rings (SSSR count). The molecule has 1 aliphatic rings. The van der Waals surface area contributed by atoms with Crippen LogP contribution in [-0.2, 0) is 6.42 Å². The zero-order chi connectivity index (χ0) is 17.9. The van der Waals surface area contributed by atoms with Crippen molar-refractivity contribution in [2.24, 2.45) is 5.92 Å². The second-order valence-electron chi connectivity index (χ2n) is 6.86. The number of fused-ring (bicyclic) bond motifs is 1. The number of para-hydroxylation sites is 1. The smallest absolute Gasteiger partial charge is 0.289 e. The first-order valence-electron chi connectivity index (χ1n) is 9.03. The lowest BCUT2D eigenvalue weighted by Gasteiger charge is -2.31. The zero-order valence-corrected chi connectivity index (χ0v) is 14.5. The van der Waals surface area contributed by atoms with Crippen molar-refractivity contribution in [3.05, 3.63) is 76.3 Å². The second kappa shape index (κ2) is 7.12. The maximum Gasteiger partial charge on any atom is 0.289 e. The van der Waals surface area contributed by atoms with Crippen LogP contribution in [0.15, 0.2) is 59.4 Å². The van der Waals surface area contributed by atoms with Crippen molar-refractivity contribution in [1.82, 2.24) is 14.9 Å². The Morgan fingerprint density at radius 1 is 1.04 bits per heavy atom. The highest BCUT2D eigenvalue weighted by molar-refractivity contribution is 5.92. The molecule has 0 spiro atoms. The molecule has 0 aliphatic carbocycles. The first-order valence-corrected chi connectivity index (χ1v) is 9.03. The average Bonchev–Trinajstić information content (AvgIpc) is 2.69. The molecule has 132 valence electrons. The minimum absolute atomic E-state index is 0.134. The Hall–Kier alpha value is -2.95. The molecule has 1 aromatic heterocycles. The van der Waals surface area contributed by atoms with E-state index in [2.05, 4.69) is 34.2 Å². The number of piperidine rings is 1. The van der Waals surface area contributed by atoms with Crippen LogP contribution in [0.2, 0.25) is 0 Å². The number of nitrogens with one attached hydrogen (secondary N) is 1. The third-order valence-electron chi connectivity index (χ3n) is 5.08. The number of hydrogen-bond donors (Lipinski definition) is 1. The summed E-state index contributed by atoms with van der Waals surface area (Å²) in [5.74, 6) is 0.534. The van der Waals surface area contributed by atoms with E-state index in [-0.39, 0.29) is 17.3 Å². The zero-order valence-electron chi connectivity index (χ0n) is 14.5. The van der Waals surface area contributed by atoms with Crippen LogP contribution >= 0.6 is 0 Å². The maximum absolute atomic E-state index is 12.8. The largest absolute Gasteiger partial charge is 0.336 e. The molecule has 2 aromatic carbocycles. The number of rotatable bonds is 3. The monoisotopic (exact) mass is 347 g/mol. The van der Waals surface area contributed by atoms with E-state index in [4.69, 9.17) is 0 Å². The van der Waals surface area contributed by atoms with Crippen LogP contribution in [-0.4, -0.2) is 33.9 Å². The molecular weight excluding hydrogens is 326 g/mol. The maximum atomic E-state index is 12.8. The van der Waals surface area contributed by atoms with Crippen LogP contribution in [0.5, 0.6) is 0 Å². The van der Waals surface area contributed by atoms with Crippen LogP contribution in [0.3, 0.4) is 0 Å². The molecule has 1 aliphatic heterocycles. The summed E-state index contributed by atoms with van der Waals surface area (Å²) in [6.45, 7) is 1.40. The number of aromatic nitrogens is 2. The Labute approximate surface area is 151 Å². The molecule has 2 heterocycles. The quantitative estimate of drug-likeness (QED) is 0.792. The number of benzene rings is 2. The van der Waals surface area contributed by atoms with Gasteiger partial charge in [0.1, 0.15) is 0 Å². The second-order valence-corrected chi connectivity index (χ2v) is 6.86. The summed E-state index contributed by atoms with van der Waals surface area (Å²) in [6, 6.07) is 17.5. The molecule has 1 fully saturated rings. The summed E-state index contributed by atoms with van der Waals surface area (Å²) in [5.41, 5.74) is 1.63. The molecule has 1 N–H and O–H groups in total. The lowest BCUT2D eigenvalue weighted by molar-refractivity contribution is 0.0678. The number of H-pyrrole nitrogens is 1. The van der Waals surface area contributed by atoms with Gasteiger partial charge in [0.2, 0.25) is 0 Å². The Morgan fingerprint density at radius 2 is 1.73 bits per heavy atom. The molecule has 1 amide bonds. The van der Waals surface area contributed by atoms with Gasteiger partial charge in [-0.25, -0.2) is 4.98 Å². The van der Waals surface area contributed by atoms with Crippen molar-refractivity contribution >= 4 is 16.8 Å². The van der Waals surface area contributed by atoms with Crippen molar-refractivity contribution in [3.63, 3.8) is 0 Å². The van der Waals surface area contributed by atoms with E-state index in [9.17, 15) is 9.59 Å². The van der Waals surface area contributed by atoms with E-state index in [0.717, 1.165) is 19.3 Å². The first-order chi connectivity index (χ1) is 12.7. The number of aromatic amines is 1. The predicted octanol–water partition coefficient (Wildman–Crippen LogP) is 3.02. The van der Waals surface area contributed by atoms with Gasteiger partial charge < -0.3 is 9.88 Å². The van der Waals surface area contributed by atoms with E-state index in [1.165, 1.54) is 5.56 Å². The molecule has 0 atom stereocenters. The van der Waals surface area contributed by atoms with E-state index in [0.29, 0.717) is 29.9 Å². The molecule has 5 nitrogen and oxygen atoms in total. The molecular formula is C21H21N3O2. The molecule has 5 heteroatoms. The summed E-state index contributed by atoms with van der Waals surface area (Å²) < 4.78 is 0. The van der Waals surface area contributed by atoms with Gasteiger partial charge in [-0.3, -0.25) is 9.59 Å². The van der Waals surface area contributed by atoms with E-state index < -0.39 is 0 Å². The third kappa shape index (κ3) is 3.38. The Morgan fingerprint density at radius 3 is 2.50 bits per heavy atom. The van der Waals surface area contributed by atoms with Gasteiger partial charge in [0.25, 0.3) is 11.5 Å². The van der Waals surface area contributed by atoms with Crippen LogP contribution in [0.4, 0.5) is 0 Å². The van der Waals surface area contributed by atoms with Gasteiger partial charge in [0.15, 0.2) is 5.82 Å². The topological polar surface area (TPSA) is 66.1 Å². The number of likely N-dealkylation sites (tertiary alicyclic amines) is 1.